The standard InChI is InChI=1S/C42H49N5O5/c48-38-19-17-35(36-18-20-40(50)46-41(36)38)39(49)29-43-25-21-30-13-15-32(16-14-30)44-24-7-2-8-26-47-27-22-33(23-28-47)52-42(51)45-37-12-6-5-11-34(37)31-9-3-1-4-10-31/h1,3-6,9-20,33,39,43-44,48-49H,2,7-8,21-29H2,(H,45,51)(H,46,50)/t39-/m0/s1. The van der Waals surface area contributed by atoms with Crippen LogP contribution in [0.5, 0.6) is 5.75 Å². The molecule has 2 heterocycles. The number of phenols is 1. The summed E-state index contributed by atoms with van der Waals surface area (Å²) in [5.41, 5.74) is 5.79. The topological polar surface area (TPSA) is 139 Å². The van der Waals surface area contributed by atoms with Gasteiger partial charge in [0.1, 0.15) is 11.9 Å². The van der Waals surface area contributed by atoms with E-state index in [1.165, 1.54) is 17.7 Å². The molecule has 6 rings (SSSR count). The summed E-state index contributed by atoms with van der Waals surface area (Å²) in [5.74, 6) is -0.0177. The molecule has 1 saturated heterocycles. The van der Waals surface area contributed by atoms with Gasteiger partial charge in [-0.1, -0.05) is 73.2 Å². The highest BCUT2D eigenvalue weighted by atomic mass is 16.6. The summed E-state index contributed by atoms with van der Waals surface area (Å²) < 4.78 is 5.80. The van der Waals surface area contributed by atoms with Crippen molar-refractivity contribution < 1.29 is 19.7 Å². The number of aromatic nitrogens is 1. The molecular weight excluding hydrogens is 654 g/mol. The first-order valence-corrected chi connectivity index (χ1v) is 18.3. The number of carbonyl (C=O) groups excluding carboxylic acids is 1. The number of nitrogens with one attached hydrogen (secondary N) is 4. The second kappa shape index (κ2) is 18.4. The number of pyridine rings is 1. The largest absolute Gasteiger partial charge is 0.506 e. The smallest absolute Gasteiger partial charge is 0.411 e. The zero-order valence-electron chi connectivity index (χ0n) is 29.5. The number of piperidine rings is 1. The number of ether oxygens (including phenoxy) is 1. The summed E-state index contributed by atoms with van der Waals surface area (Å²) in [6.45, 7) is 4.94. The highest BCUT2D eigenvalue weighted by Crippen LogP contribution is 2.29. The summed E-state index contributed by atoms with van der Waals surface area (Å²) >= 11 is 0. The Hall–Kier alpha value is -5.16. The Labute approximate surface area is 304 Å². The van der Waals surface area contributed by atoms with Gasteiger partial charge in [0.15, 0.2) is 0 Å². The molecule has 1 aromatic heterocycles. The molecule has 272 valence electrons. The molecule has 1 aliphatic heterocycles. The lowest BCUT2D eigenvalue weighted by atomic mass is 10.0. The van der Waals surface area contributed by atoms with E-state index >= 15 is 0 Å². The summed E-state index contributed by atoms with van der Waals surface area (Å²) in [5, 5.41) is 31.3. The van der Waals surface area contributed by atoms with E-state index in [9.17, 15) is 19.8 Å². The number of likely N-dealkylation sites (tertiary alicyclic amines) is 1. The zero-order valence-corrected chi connectivity index (χ0v) is 29.5. The number of unbranched alkanes of at least 4 members (excludes halogenated alkanes) is 2. The first-order valence-electron chi connectivity index (χ1n) is 18.3. The lowest BCUT2D eigenvalue weighted by Gasteiger charge is -2.31. The Kier molecular flexibility index (Phi) is 12.9. The van der Waals surface area contributed by atoms with Gasteiger partial charge in [0.2, 0.25) is 5.56 Å². The number of aromatic amines is 1. The molecule has 0 saturated carbocycles. The Morgan fingerprint density at radius 1 is 0.865 bits per heavy atom. The van der Waals surface area contributed by atoms with Crippen molar-refractivity contribution in [2.45, 2.75) is 50.7 Å². The van der Waals surface area contributed by atoms with E-state index in [2.05, 4.69) is 50.1 Å². The Morgan fingerprint density at radius 2 is 1.63 bits per heavy atom. The van der Waals surface area contributed by atoms with E-state index in [4.69, 9.17) is 4.74 Å². The number of phenolic OH excluding ortho intramolecular Hbond substituents is 1. The molecule has 1 atom stereocenters. The summed E-state index contributed by atoms with van der Waals surface area (Å²) in [6.07, 6.45) is 4.70. The quantitative estimate of drug-likeness (QED) is 0.0601. The van der Waals surface area contributed by atoms with Crippen molar-refractivity contribution in [2.75, 3.05) is 49.9 Å². The van der Waals surface area contributed by atoms with Crippen molar-refractivity contribution in [1.29, 1.82) is 0 Å². The first-order chi connectivity index (χ1) is 25.4. The van der Waals surface area contributed by atoms with Gasteiger partial charge in [-0.05, 0) is 92.2 Å². The normalized spacial score (nSPS) is 14.2. The number of amides is 1. The molecule has 52 heavy (non-hydrogen) atoms. The number of aliphatic hydroxyl groups is 1. The predicted octanol–water partition coefficient (Wildman–Crippen LogP) is 7.06. The number of hydrogen-bond acceptors (Lipinski definition) is 8. The number of hydrogen-bond donors (Lipinski definition) is 6. The monoisotopic (exact) mass is 703 g/mol. The first kappa shape index (κ1) is 36.6. The van der Waals surface area contributed by atoms with Gasteiger partial charge in [-0.25, -0.2) is 4.79 Å². The van der Waals surface area contributed by atoms with Crippen LogP contribution in [0.25, 0.3) is 22.0 Å². The van der Waals surface area contributed by atoms with E-state index in [0.717, 1.165) is 87.2 Å². The summed E-state index contributed by atoms with van der Waals surface area (Å²) in [6, 6.07) is 32.5. The van der Waals surface area contributed by atoms with Gasteiger partial charge in [0.05, 0.1) is 17.3 Å². The van der Waals surface area contributed by atoms with Crippen LogP contribution in [0.3, 0.4) is 0 Å². The predicted molar refractivity (Wildman–Crippen MR) is 208 cm³/mol. The number of para-hydroxylation sites is 1. The molecule has 0 aliphatic carbocycles. The average Bonchev–Trinajstić information content (AvgIpc) is 3.17. The van der Waals surface area contributed by atoms with Crippen molar-refractivity contribution in [3.05, 3.63) is 125 Å². The van der Waals surface area contributed by atoms with E-state index in [-0.39, 0.29) is 17.4 Å². The Bertz CT molecular complexity index is 1940. The van der Waals surface area contributed by atoms with Gasteiger partial charge in [-0.3, -0.25) is 10.1 Å². The van der Waals surface area contributed by atoms with Gasteiger partial charge in [0, 0.05) is 48.9 Å². The number of anilines is 2. The Morgan fingerprint density at radius 3 is 2.44 bits per heavy atom. The molecule has 0 radical (unpaired) electrons. The zero-order chi connectivity index (χ0) is 36.1. The summed E-state index contributed by atoms with van der Waals surface area (Å²) in [4.78, 5) is 29.5. The molecule has 5 aromatic rings. The van der Waals surface area contributed by atoms with Crippen LogP contribution in [0.4, 0.5) is 16.2 Å². The Balaban J connectivity index is 0.810. The molecular formula is C42H49N5O5. The molecule has 4 aromatic carbocycles. The third kappa shape index (κ3) is 10.2. The molecule has 10 nitrogen and oxygen atoms in total. The minimum atomic E-state index is -0.775. The van der Waals surface area contributed by atoms with Gasteiger partial charge >= 0.3 is 6.09 Å². The number of rotatable bonds is 16. The number of aliphatic hydroxyl groups excluding tert-OH is 1. The van der Waals surface area contributed by atoms with Crippen LogP contribution in [0.2, 0.25) is 0 Å². The maximum absolute atomic E-state index is 12.7. The van der Waals surface area contributed by atoms with Crippen LogP contribution >= 0.6 is 0 Å². The lowest BCUT2D eigenvalue weighted by molar-refractivity contribution is 0.0585. The number of carbonyl (C=O) groups is 1. The highest BCUT2D eigenvalue weighted by Gasteiger charge is 2.22. The van der Waals surface area contributed by atoms with Crippen LogP contribution < -0.4 is 21.5 Å². The van der Waals surface area contributed by atoms with E-state index < -0.39 is 12.2 Å². The van der Waals surface area contributed by atoms with E-state index in [1.54, 1.807) is 12.1 Å². The molecule has 0 spiro atoms. The van der Waals surface area contributed by atoms with Gasteiger partial charge in [0.25, 0.3) is 0 Å². The van der Waals surface area contributed by atoms with Crippen LogP contribution in [0, 0.1) is 0 Å². The van der Waals surface area contributed by atoms with Crippen molar-refractivity contribution in [1.82, 2.24) is 15.2 Å². The fourth-order valence-corrected chi connectivity index (χ4v) is 6.79. The van der Waals surface area contributed by atoms with E-state index in [0.29, 0.717) is 29.6 Å². The third-order valence-electron chi connectivity index (χ3n) is 9.69. The lowest BCUT2D eigenvalue weighted by Crippen LogP contribution is -2.38. The fraction of sp³-hybridized carbons (Fsp3) is 0.333. The molecule has 0 unspecified atom stereocenters. The number of nitrogens with zero attached hydrogens (tertiary/aromatic N) is 1. The molecule has 1 fully saturated rings. The van der Waals surface area contributed by atoms with E-state index in [1.807, 2.05) is 54.6 Å². The second-order valence-corrected chi connectivity index (χ2v) is 13.4. The van der Waals surface area contributed by atoms with Crippen LogP contribution in [-0.4, -0.2) is 71.6 Å². The van der Waals surface area contributed by atoms with Crippen LogP contribution in [-0.2, 0) is 11.2 Å². The van der Waals surface area contributed by atoms with Crippen molar-refractivity contribution >= 4 is 28.4 Å². The molecule has 6 N–H and O–H groups in total. The van der Waals surface area contributed by atoms with Crippen molar-refractivity contribution in [3.8, 4) is 16.9 Å². The SMILES string of the molecule is O=C(Nc1ccccc1-c1ccccc1)OC1CCN(CCCCCNc2ccc(CCNC[C@H](O)c3ccc(O)c4[nH]c(=O)ccc34)cc2)CC1. The van der Waals surface area contributed by atoms with Gasteiger partial charge in [-0.15, -0.1) is 0 Å². The average molecular weight is 704 g/mol. The number of H-pyrrole nitrogens is 1. The molecule has 0 bridgehead atoms. The van der Waals surface area contributed by atoms with Gasteiger partial charge < -0.3 is 35.5 Å². The molecule has 1 aliphatic rings. The maximum atomic E-state index is 12.7. The molecule has 10 heteroatoms. The number of benzene rings is 4. The van der Waals surface area contributed by atoms with Crippen LogP contribution in [0.1, 0.15) is 49.3 Å². The third-order valence-corrected chi connectivity index (χ3v) is 9.69. The van der Waals surface area contributed by atoms with Crippen molar-refractivity contribution in [2.24, 2.45) is 0 Å². The molecule has 1 amide bonds. The summed E-state index contributed by atoms with van der Waals surface area (Å²) in [7, 11) is 0. The minimum absolute atomic E-state index is 0.0177. The minimum Gasteiger partial charge on any atom is -0.506 e. The second-order valence-electron chi connectivity index (χ2n) is 13.4. The number of aromatic hydroxyl groups is 1. The van der Waals surface area contributed by atoms with Crippen molar-refractivity contribution in [3.63, 3.8) is 0 Å². The highest BCUT2D eigenvalue weighted by molar-refractivity contribution is 5.91. The van der Waals surface area contributed by atoms with Crippen LogP contribution in [0.15, 0.2) is 108 Å². The number of fused-ring (bicyclic) bond motifs is 1. The fourth-order valence-electron chi connectivity index (χ4n) is 6.79. The van der Waals surface area contributed by atoms with Gasteiger partial charge in [-0.2, -0.15) is 0 Å². The maximum Gasteiger partial charge on any atom is 0.411 e.